The molecule has 0 aliphatic carbocycles. The highest BCUT2D eigenvalue weighted by Crippen LogP contribution is 2.26. The predicted molar refractivity (Wildman–Crippen MR) is 58.3 cm³/mol. The summed E-state index contributed by atoms with van der Waals surface area (Å²) in [6, 6.07) is 9.21. The zero-order chi connectivity index (χ0) is 10.1. The Labute approximate surface area is 83.0 Å². The van der Waals surface area contributed by atoms with Crippen molar-refractivity contribution in [2.24, 2.45) is 0 Å². The van der Waals surface area contributed by atoms with Gasteiger partial charge in [0.15, 0.2) is 0 Å². The Morgan fingerprint density at radius 2 is 2.07 bits per heavy atom. The quantitative estimate of drug-likeness (QED) is 0.621. The van der Waals surface area contributed by atoms with Crippen molar-refractivity contribution in [1.29, 1.82) is 0 Å². The van der Waals surface area contributed by atoms with Gasteiger partial charge < -0.3 is 5.11 Å². The molecule has 0 saturated carbocycles. The largest absolute Gasteiger partial charge is 0.508 e. The van der Waals surface area contributed by atoms with Crippen LogP contribution in [0.5, 0.6) is 5.75 Å². The summed E-state index contributed by atoms with van der Waals surface area (Å²) in [6.07, 6.45) is 5.41. The molecule has 1 nitrogen and oxygen atoms in total. The summed E-state index contributed by atoms with van der Waals surface area (Å²) >= 11 is 0. The molecule has 1 N–H and O–H groups in total. The van der Waals surface area contributed by atoms with Crippen LogP contribution in [0.25, 0.3) is 10.8 Å². The van der Waals surface area contributed by atoms with Crippen LogP contribution in [0, 0.1) is 19.3 Å². The first-order chi connectivity index (χ1) is 6.72. The van der Waals surface area contributed by atoms with Gasteiger partial charge >= 0.3 is 0 Å². The number of phenolic OH excluding ortho intramolecular Hbond substituents is 1. The molecular formula is C13H10O. The van der Waals surface area contributed by atoms with E-state index in [4.69, 9.17) is 6.42 Å². The maximum absolute atomic E-state index is 9.42. The third-order valence-electron chi connectivity index (χ3n) is 2.31. The molecule has 0 radical (unpaired) electrons. The minimum absolute atomic E-state index is 0.282. The van der Waals surface area contributed by atoms with Crippen molar-refractivity contribution in [2.45, 2.75) is 6.92 Å². The molecule has 0 heterocycles. The first-order valence-electron chi connectivity index (χ1n) is 4.41. The summed E-state index contributed by atoms with van der Waals surface area (Å²) in [5, 5.41) is 11.5. The number of terminal acetylenes is 1. The minimum Gasteiger partial charge on any atom is -0.508 e. The molecule has 0 bridgehead atoms. The van der Waals surface area contributed by atoms with E-state index in [1.807, 2.05) is 25.1 Å². The van der Waals surface area contributed by atoms with E-state index >= 15 is 0 Å². The zero-order valence-corrected chi connectivity index (χ0v) is 7.91. The van der Waals surface area contributed by atoms with E-state index in [1.54, 1.807) is 12.1 Å². The van der Waals surface area contributed by atoms with Crippen LogP contribution in [0.4, 0.5) is 0 Å². The van der Waals surface area contributed by atoms with Crippen molar-refractivity contribution in [3.8, 4) is 18.1 Å². The number of benzene rings is 2. The fourth-order valence-corrected chi connectivity index (χ4v) is 1.75. The van der Waals surface area contributed by atoms with E-state index in [1.165, 1.54) is 0 Å². The number of rotatable bonds is 0. The summed E-state index contributed by atoms with van der Waals surface area (Å²) in [5.41, 5.74) is 1.88. The number of aromatic hydroxyl groups is 1. The van der Waals surface area contributed by atoms with Crippen molar-refractivity contribution in [2.75, 3.05) is 0 Å². The molecule has 0 saturated heterocycles. The molecule has 0 atom stereocenters. The summed E-state index contributed by atoms with van der Waals surface area (Å²) < 4.78 is 0. The molecule has 0 spiro atoms. The van der Waals surface area contributed by atoms with Crippen molar-refractivity contribution < 1.29 is 5.11 Å². The van der Waals surface area contributed by atoms with Crippen LogP contribution in [-0.2, 0) is 0 Å². The number of aryl methyl sites for hydroxylation is 1. The second kappa shape index (κ2) is 3.08. The molecule has 2 aromatic rings. The molecule has 2 aromatic carbocycles. The highest BCUT2D eigenvalue weighted by atomic mass is 16.3. The number of hydrogen-bond acceptors (Lipinski definition) is 1. The van der Waals surface area contributed by atoms with E-state index < -0.39 is 0 Å². The molecule has 0 fully saturated rings. The van der Waals surface area contributed by atoms with Crippen LogP contribution in [0.1, 0.15) is 11.1 Å². The summed E-state index contributed by atoms with van der Waals surface area (Å²) in [5.74, 6) is 2.93. The highest BCUT2D eigenvalue weighted by molar-refractivity contribution is 5.92. The van der Waals surface area contributed by atoms with Gasteiger partial charge in [0.05, 0.1) is 0 Å². The fourth-order valence-electron chi connectivity index (χ4n) is 1.75. The van der Waals surface area contributed by atoms with Gasteiger partial charge in [0.2, 0.25) is 0 Å². The van der Waals surface area contributed by atoms with E-state index in [9.17, 15) is 5.11 Å². The number of hydrogen-bond donors (Lipinski definition) is 1. The van der Waals surface area contributed by atoms with E-state index in [2.05, 4.69) is 5.92 Å². The maximum Gasteiger partial charge on any atom is 0.116 e. The van der Waals surface area contributed by atoms with Crippen LogP contribution in [0.3, 0.4) is 0 Å². The minimum atomic E-state index is 0.282. The average molecular weight is 182 g/mol. The van der Waals surface area contributed by atoms with Crippen molar-refractivity contribution >= 4 is 10.8 Å². The van der Waals surface area contributed by atoms with Gasteiger partial charge in [-0.15, -0.1) is 6.42 Å². The van der Waals surface area contributed by atoms with Crippen molar-refractivity contribution in [3.63, 3.8) is 0 Å². The van der Waals surface area contributed by atoms with Crippen LogP contribution < -0.4 is 0 Å². The molecule has 0 aliphatic rings. The molecule has 0 aliphatic heterocycles. The molecule has 2 rings (SSSR count). The molecule has 1 heteroatoms. The third kappa shape index (κ3) is 1.22. The van der Waals surface area contributed by atoms with Crippen LogP contribution >= 0.6 is 0 Å². The van der Waals surface area contributed by atoms with Crippen LogP contribution in [0.2, 0.25) is 0 Å². The third-order valence-corrected chi connectivity index (χ3v) is 2.31. The number of fused-ring (bicyclic) bond motifs is 1. The smallest absolute Gasteiger partial charge is 0.116 e. The van der Waals surface area contributed by atoms with Gasteiger partial charge in [-0.1, -0.05) is 18.1 Å². The van der Waals surface area contributed by atoms with Crippen LogP contribution in [-0.4, -0.2) is 5.11 Å². The monoisotopic (exact) mass is 182 g/mol. The topological polar surface area (TPSA) is 20.2 Å². The lowest BCUT2D eigenvalue weighted by Gasteiger charge is -2.05. The fraction of sp³-hybridized carbons (Fsp3) is 0.0769. The average Bonchev–Trinajstić information content (AvgIpc) is 2.16. The Kier molecular flexibility index (Phi) is 1.90. The van der Waals surface area contributed by atoms with E-state index in [0.29, 0.717) is 0 Å². The summed E-state index contributed by atoms with van der Waals surface area (Å²) in [7, 11) is 0. The zero-order valence-electron chi connectivity index (χ0n) is 7.91. The number of phenols is 1. The van der Waals surface area contributed by atoms with Crippen molar-refractivity contribution in [1.82, 2.24) is 0 Å². The van der Waals surface area contributed by atoms with Gasteiger partial charge in [0.1, 0.15) is 5.75 Å². The summed E-state index contributed by atoms with van der Waals surface area (Å²) in [6.45, 7) is 1.95. The lowest BCUT2D eigenvalue weighted by atomic mass is 10.00. The van der Waals surface area contributed by atoms with Gasteiger partial charge in [-0.2, -0.15) is 0 Å². The lowest BCUT2D eigenvalue weighted by molar-refractivity contribution is 0.476. The van der Waals surface area contributed by atoms with Crippen LogP contribution in [0.15, 0.2) is 30.3 Å². The molecular weight excluding hydrogens is 172 g/mol. The van der Waals surface area contributed by atoms with Crippen molar-refractivity contribution in [3.05, 3.63) is 41.5 Å². The van der Waals surface area contributed by atoms with Gasteiger partial charge in [-0.25, -0.2) is 0 Å². The standard InChI is InChI=1S/C13H10O/c1-3-10-5-4-6-11-8-12(14)7-9(2)13(10)11/h1,4-8,14H,2H3. The molecule has 14 heavy (non-hydrogen) atoms. The van der Waals surface area contributed by atoms with E-state index in [-0.39, 0.29) is 5.75 Å². The van der Waals surface area contributed by atoms with Gasteiger partial charge in [0.25, 0.3) is 0 Å². The Morgan fingerprint density at radius 1 is 1.29 bits per heavy atom. The second-order valence-electron chi connectivity index (χ2n) is 3.31. The lowest BCUT2D eigenvalue weighted by Crippen LogP contribution is -1.83. The summed E-state index contributed by atoms with van der Waals surface area (Å²) in [4.78, 5) is 0. The SMILES string of the molecule is C#Cc1cccc2cc(O)cc(C)c12. The molecule has 0 aromatic heterocycles. The Hall–Kier alpha value is -1.94. The van der Waals surface area contributed by atoms with Gasteiger partial charge in [0, 0.05) is 10.9 Å². The normalized spacial score (nSPS) is 10.0. The molecule has 0 amide bonds. The molecule has 0 unspecified atom stereocenters. The Balaban J connectivity index is 2.96. The van der Waals surface area contributed by atoms with Gasteiger partial charge in [-0.05, 0) is 36.1 Å². The Bertz CT molecular complexity index is 533. The highest BCUT2D eigenvalue weighted by Gasteiger charge is 2.03. The van der Waals surface area contributed by atoms with E-state index in [0.717, 1.165) is 21.9 Å². The second-order valence-corrected chi connectivity index (χ2v) is 3.31. The first-order valence-corrected chi connectivity index (χ1v) is 4.41. The predicted octanol–water partition coefficient (Wildman–Crippen LogP) is 2.84. The first kappa shape index (κ1) is 8.65. The maximum atomic E-state index is 9.42. The molecule has 68 valence electrons. The van der Waals surface area contributed by atoms with Gasteiger partial charge in [-0.3, -0.25) is 0 Å². The Morgan fingerprint density at radius 3 is 2.79 bits per heavy atom.